The summed E-state index contributed by atoms with van der Waals surface area (Å²) in [4.78, 5) is 6.24. The van der Waals surface area contributed by atoms with Crippen LogP contribution in [0, 0.1) is 11.3 Å². The van der Waals surface area contributed by atoms with Crippen molar-refractivity contribution in [1.82, 2.24) is 4.98 Å². The van der Waals surface area contributed by atoms with Crippen molar-refractivity contribution in [2.75, 3.05) is 19.0 Å². The number of anilines is 1. The molecule has 0 amide bonds. The highest BCUT2D eigenvalue weighted by Crippen LogP contribution is 2.30. The van der Waals surface area contributed by atoms with E-state index in [1.807, 2.05) is 51.0 Å². The molecule has 0 aliphatic carbocycles. The van der Waals surface area contributed by atoms with Gasteiger partial charge in [0.1, 0.15) is 11.8 Å². The van der Waals surface area contributed by atoms with Crippen molar-refractivity contribution >= 4 is 16.6 Å². The van der Waals surface area contributed by atoms with E-state index in [1.165, 1.54) is 0 Å². The maximum Gasteiger partial charge on any atom is 0.120 e. The monoisotopic (exact) mass is 255 g/mol. The zero-order chi connectivity index (χ0) is 14.0. The van der Waals surface area contributed by atoms with E-state index >= 15 is 0 Å². The normalized spacial score (nSPS) is 10.5. The SMILES string of the molecule is CC(C)Oc1ccc2ncc(C#N)c(N(C)C)c2c1. The fourth-order valence-electron chi connectivity index (χ4n) is 2.07. The number of rotatable bonds is 3. The molecule has 0 bridgehead atoms. The Morgan fingerprint density at radius 1 is 1.32 bits per heavy atom. The number of pyridine rings is 1. The van der Waals surface area contributed by atoms with Crippen LogP contribution in [0.2, 0.25) is 0 Å². The van der Waals surface area contributed by atoms with E-state index in [1.54, 1.807) is 6.20 Å². The van der Waals surface area contributed by atoms with Crippen LogP contribution in [0.5, 0.6) is 5.75 Å². The Hall–Kier alpha value is -2.28. The number of nitriles is 1. The number of hydrogen-bond acceptors (Lipinski definition) is 4. The minimum Gasteiger partial charge on any atom is -0.491 e. The molecule has 2 aromatic rings. The standard InChI is InChI=1S/C15H17N3O/c1-10(2)19-12-5-6-14-13(7-12)15(18(3)4)11(8-16)9-17-14/h5-7,9-10H,1-4H3. The van der Waals surface area contributed by atoms with Crippen molar-refractivity contribution in [3.8, 4) is 11.8 Å². The van der Waals surface area contributed by atoms with Crippen molar-refractivity contribution in [3.63, 3.8) is 0 Å². The second-order valence-electron chi connectivity index (χ2n) is 4.87. The quantitative estimate of drug-likeness (QED) is 0.846. The van der Waals surface area contributed by atoms with Crippen molar-refractivity contribution in [2.24, 2.45) is 0 Å². The minimum absolute atomic E-state index is 0.118. The highest BCUT2D eigenvalue weighted by molar-refractivity contribution is 5.95. The largest absolute Gasteiger partial charge is 0.491 e. The average molecular weight is 255 g/mol. The van der Waals surface area contributed by atoms with Crippen LogP contribution in [0.4, 0.5) is 5.69 Å². The van der Waals surface area contributed by atoms with Gasteiger partial charge in [0, 0.05) is 25.7 Å². The summed E-state index contributed by atoms with van der Waals surface area (Å²) in [6.07, 6.45) is 1.73. The molecule has 1 heterocycles. The molecule has 0 spiro atoms. The van der Waals surface area contributed by atoms with Crippen molar-refractivity contribution in [3.05, 3.63) is 30.0 Å². The van der Waals surface area contributed by atoms with Gasteiger partial charge < -0.3 is 9.64 Å². The molecule has 0 aliphatic heterocycles. The lowest BCUT2D eigenvalue weighted by Gasteiger charge is -2.18. The van der Waals surface area contributed by atoms with E-state index in [-0.39, 0.29) is 6.10 Å². The molecule has 1 aromatic carbocycles. The van der Waals surface area contributed by atoms with E-state index in [0.717, 1.165) is 22.3 Å². The van der Waals surface area contributed by atoms with Gasteiger partial charge in [-0.3, -0.25) is 4.98 Å². The van der Waals surface area contributed by atoms with Gasteiger partial charge in [-0.25, -0.2) is 0 Å². The Morgan fingerprint density at radius 2 is 2.05 bits per heavy atom. The fraction of sp³-hybridized carbons (Fsp3) is 0.333. The topological polar surface area (TPSA) is 49.1 Å². The van der Waals surface area contributed by atoms with Crippen LogP contribution in [0.3, 0.4) is 0 Å². The maximum atomic E-state index is 9.19. The number of ether oxygens (including phenoxy) is 1. The molecule has 0 atom stereocenters. The molecule has 2 rings (SSSR count). The molecule has 0 aliphatic rings. The Bertz CT molecular complexity index is 642. The van der Waals surface area contributed by atoms with Gasteiger partial charge in [-0.1, -0.05) is 0 Å². The fourth-order valence-corrected chi connectivity index (χ4v) is 2.07. The van der Waals surface area contributed by atoms with E-state index in [2.05, 4.69) is 11.1 Å². The average Bonchev–Trinajstić information content (AvgIpc) is 2.36. The molecule has 0 fully saturated rings. The summed E-state index contributed by atoms with van der Waals surface area (Å²) in [7, 11) is 3.84. The van der Waals surface area contributed by atoms with Crippen LogP contribution in [-0.2, 0) is 0 Å². The Balaban J connectivity index is 2.67. The third kappa shape index (κ3) is 2.60. The van der Waals surface area contributed by atoms with Crippen molar-refractivity contribution in [1.29, 1.82) is 5.26 Å². The Morgan fingerprint density at radius 3 is 2.63 bits per heavy atom. The van der Waals surface area contributed by atoms with Gasteiger partial charge in [-0.15, -0.1) is 0 Å². The first-order chi connectivity index (χ1) is 9.02. The number of hydrogen-bond donors (Lipinski definition) is 0. The first kappa shape index (κ1) is 13.2. The number of benzene rings is 1. The first-order valence-corrected chi connectivity index (χ1v) is 6.19. The van der Waals surface area contributed by atoms with Gasteiger partial charge in [0.15, 0.2) is 0 Å². The summed E-state index contributed by atoms with van der Waals surface area (Å²) < 4.78 is 5.70. The third-order valence-corrected chi connectivity index (χ3v) is 2.75. The van der Waals surface area contributed by atoms with Gasteiger partial charge in [0.05, 0.1) is 22.9 Å². The Labute approximate surface area is 113 Å². The molecule has 0 unspecified atom stereocenters. The van der Waals surface area contributed by atoms with Crippen LogP contribution in [0.15, 0.2) is 24.4 Å². The van der Waals surface area contributed by atoms with Gasteiger partial charge in [-0.05, 0) is 32.0 Å². The smallest absolute Gasteiger partial charge is 0.120 e. The molecule has 0 radical (unpaired) electrons. The summed E-state index contributed by atoms with van der Waals surface area (Å²) >= 11 is 0. The highest BCUT2D eigenvalue weighted by Gasteiger charge is 2.11. The summed E-state index contributed by atoms with van der Waals surface area (Å²) in [5.41, 5.74) is 2.31. The summed E-state index contributed by atoms with van der Waals surface area (Å²) in [5.74, 6) is 0.794. The predicted octanol–water partition coefficient (Wildman–Crippen LogP) is 2.96. The minimum atomic E-state index is 0.118. The van der Waals surface area contributed by atoms with Crippen LogP contribution in [0.25, 0.3) is 10.9 Å². The van der Waals surface area contributed by atoms with Crippen LogP contribution >= 0.6 is 0 Å². The predicted molar refractivity (Wildman–Crippen MR) is 76.5 cm³/mol. The molecule has 1 aromatic heterocycles. The van der Waals surface area contributed by atoms with Crippen molar-refractivity contribution < 1.29 is 4.74 Å². The summed E-state index contributed by atoms with van der Waals surface area (Å²) in [6, 6.07) is 7.95. The van der Waals surface area contributed by atoms with Crippen LogP contribution in [0.1, 0.15) is 19.4 Å². The molecule has 0 N–H and O–H groups in total. The number of aromatic nitrogens is 1. The molecule has 98 valence electrons. The second-order valence-corrected chi connectivity index (χ2v) is 4.87. The zero-order valence-electron chi connectivity index (χ0n) is 11.6. The molecule has 0 saturated carbocycles. The Kier molecular flexibility index (Phi) is 3.57. The lowest BCUT2D eigenvalue weighted by atomic mass is 10.1. The highest BCUT2D eigenvalue weighted by atomic mass is 16.5. The van der Waals surface area contributed by atoms with Gasteiger partial charge >= 0.3 is 0 Å². The van der Waals surface area contributed by atoms with Crippen LogP contribution < -0.4 is 9.64 Å². The molecule has 4 heteroatoms. The van der Waals surface area contributed by atoms with Gasteiger partial charge in [0.25, 0.3) is 0 Å². The number of nitrogens with zero attached hydrogens (tertiary/aromatic N) is 3. The summed E-state index contributed by atoms with van der Waals surface area (Å²) in [5, 5.41) is 10.1. The molecular formula is C15H17N3O. The van der Waals surface area contributed by atoms with E-state index in [4.69, 9.17) is 4.74 Å². The lowest BCUT2D eigenvalue weighted by Crippen LogP contribution is -2.12. The number of fused-ring (bicyclic) bond motifs is 1. The van der Waals surface area contributed by atoms with Gasteiger partial charge in [0.2, 0.25) is 0 Å². The molecule has 0 saturated heterocycles. The second kappa shape index (κ2) is 5.15. The van der Waals surface area contributed by atoms with E-state index in [9.17, 15) is 5.26 Å². The van der Waals surface area contributed by atoms with E-state index < -0.39 is 0 Å². The first-order valence-electron chi connectivity index (χ1n) is 6.19. The third-order valence-electron chi connectivity index (χ3n) is 2.75. The zero-order valence-corrected chi connectivity index (χ0v) is 11.6. The molecular weight excluding hydrogens is 238 g/mol. The molecule has 19 heavy (non-hydrogen) atoms. The maximum absolute atomic E-state index is 9.19. The molecule has 4 nitrogen and oxygen atoms in total. The lowest BCUT2D eigenvalue weighted by molar-refractivity contribution is 0.243. The van der Waals surface area contributed by atoms with Crippen molar-refractivity contribution in [2.45, 2.75) is 20.0 Å². The van der Waals surface area contributed by atoms with Crippen LogP contribution in [-0.4, -0.2) is 25.2 Å². The van der Waals surface area contributed by atoms with E-state index in [0.29, 0.717) is 5.56 Å². The summed E-state index contributed by atoms with van der Waals surface area (Å²) in [6.45, 7) is 3.97. The van der Waals surface area contributed by atoms with Gasteiger partial charge in [-0.2, -0.15) is 5.26 Å².